The number of hydrogen-bond donors (Lipinski definition) is 3. The van der Waals surface area contributed by atoms with Gasteiger partial charge < -0.3 is 15.1 Å². The van der Waals surface area contributed by atoms with Gasteiger partial charge in [0.05, 0.1) is 28.0 Å². The monoisotopic (exact) mass is 514 g/mol. The van der Waals surface area contributed by atoms with Gasteiger partial charge in [-0.3, -0.25) is 19.4 Å². The van der Waals surface area contributed by atoms with Crippen molar-refractivity contribution in [3.05, 3.63) is 95.1 Å². The number of aliphatic hydroxyl groups is 2. The summed E-state index contributed by atoms with van der Waals surface area (Å²) in [6, 6.07) is 12.5. The highest BCUT2D eigenvalue weighted by Crippen LogP contribution is 2.45. The second-order valence-corrected chi connectivity index (χ2v) is 9.42. The molecule has 2 aromatic carbocycles. The molecule has 1 amide bonds. The van der Waals surface area contributed by atoms with Gasteiger partial charge >= 0.3 is 0 Å². The lowest BCUT2D eigenvalue weighted by molar-refractivity contribution is -0.139. The number of aryl methyl sites for hydroxylation is 1. The molecule has 1 aliphatic rings. The van der Waals surface area contributed by atoms with E-state index in [1.807, 2.05) is 24.3 Å². The summed E-state index contributed by atoms with van der Waals surface area (Å²) < 4.78 is 3.12. The molecule has 1 aliphatic heterocycles. The Bertz CT molecular complexity index is 1580. The van der Waals surface area contributed by atoms with E-state index in [4.69, 9.17) is 5.11 Å². The fraction of sp³-hybridized carbons (Fsp3) is 0.286. The summed E-state index contributed by atoms with van der Waals surface area (Å²) in [5.41, 5.74) is 0.947. The summed E-state index contributed by atoms with van der Waals surface area (Å²) in [7, 11) is 0. The van der Waals surface area contributed by atoms with Crippen LogP contribution in [0.2, 0.25) is 0 Å². The quantitative estimate of drug-likeness (QED) is 0.279. The van der Waals surface area contributed by atoms with Crippen molar-refractivity contribution in [2.75, 3.05) is 18.1 Å². The van der Waals surface area contributed by atoms with E-state index in [1.54, 1.807) is 54.2 Å². The highest BCUT2D eigenvalue weighted by Gasteiger charge is 2.52. The molecule has 0 fully saturated rings. The normalized spacial score (nSPS) is 18.0. The van der Waals surface area contributed by atoms with E-state index in [2.05, 4.69) is 22.0 Å². The molecule has 0 unspecified atom stereocenters. The number of carbonyl (C=O) groups is 1. The number of rotatable bonds is 10. The van der Waals surface area contributed by atoms with Crippen molar-refractivity contribution >= 4 is 22.5 Å². The van der Waals surface area contributed by atoms with Gasteiger partial charge in [0.15, 0.2) is 5.60 Å². The van der Waals surface area contributed by atoms with E-state index >= 15 is 0 Å². The SMILES string of the molecule is C=CCN1C(=O)[C@@](O)([C@@H](C)/C=C/CCn2cc(CCO)nn2)c2cc(-n3[nH]c4ccccc4c3=O)ccc21. The molecule has 38 heavy (non-hydrogen) atoms. The molecule has 3 heterocycles. The minimum Gasteiger partial charge on any atom is -0.396 e. The van der Waals surface area contributed by atoms with Crippen molar-refractivity contribution in [2.45, 2.75) is 31.9 Å². The number of para-hydroxylation sites is 1. The van der Waals surface area contributed by atoms with Gasteiger partial charge in [-0.2, -0.15) is 0 Å². The molecule has 0 radical (unpaired) electrons. The molecule has 0 saturated heterocycles. The van der Waals surface area contributed by atoms with Crippen molar-refractivity contribution in [1.82, 2.24) is 24.8 Å². The zero-order chi connectivity index (χ0) is 26.9. The van der Waals surface area contributed by atoms with Crippen LogP contribution in [0.4, 0.5) is 5.69 Å². The minimum absolute atomic E-state index is 0.0176. The Morgan fingerprint density at radius 3 is 2.79 bits per heavy atom. The van der Waals surface area contributed by atoms with Crippen LogP contribution < -0.4 is 10.5 Å². The number of aromatic nitrogens is 5. The largest absolute Gasteiger partial charge is 0.396 e. The van der Waals surface area contributed by atoms with Gasteiger partial charge in [-0.25, -0.2) is 4.68 Å². The molecule has 10 heteroatoms. The summed E-state index contributed by atoms with van der Waals surface area (Å²) in [4.78, 5) is 28.1. The minimum atomic E-state index is -1.82. The number of fused-ring (bicyclic) bond motifs is 2. The second kappa shape index (κ2) is 10.2. The summed E-state index contributed by atoms with van der Waals surface area (Å²) in [5.74, 6) is -0.991. The molecule has 0 spiro atoms. The van der Waals surface area contributed by atoms with E-state index in [1.165, 1.54) is 9.58 Å². The molecule has 2 aromatic heterocycles. The van der Waals surface area contributed by atoms with Gasteiger partial charge in [-0.1, -0.05) is 42.5 Å². The Morgan fingerprint density at radius 1 is 1.21 bits per heavy atom. The van der Waals surface area contributed by atoms with Gasteiger partial charge in [0.1, 0.15) is 0 Å². The lowest BCUT2D eigenvalue weighted by Gasteiger charge is -2.27. The van der Waals surface area contributed by atoms with Gasteiger partial charge in [0, 0.05) is 43.8 Å². The van der Waals surface area contributed by atoms with Crippen LogP contribution in [0.3, 0.4) is 0 Å². The Labute approximate surface area is 219 Å². The third-order valence-corrected chi connectivity index (χ3v) is 6.98. The number of aliphatic hydroxyl groups excluding tert-OH is 1. The van der Waals surface area contributed by atoms with Crippen LogP contribution in [0.25, 0.3) is 16.6 Å². The number of nitrogens with zero attached hydrogens (tertiary/aromatic N) is 5. The Balaban J connectivity index is 1.45. The fourth-order valence-corrected chi connectivity index (χ4v) is 4.95. The molecule has 5 rings (SSSR count). The number of amides is 1. The molecule has 0 aliphatic carbocycles. The molecule has 2 atom stereocenters. The first kappa shape index (κ1) is 25.4. The molecular formula is C28H30N6O4. The molecule has 196 valence electrons. The van der Waals surface area contributed by atoms with Crippen molar-refractivity contribution in [2.24, 2.45) is 5.92 Å². The number of hydrogen-bond acceptors (Lipinski definition) is 6. The molecule has 10 nitrogen and oxygen atoms in total. The Hall–Kier alpha value is -4.28. The van der Waals surface area contributed by atoms with Crippen molar-refractivity contribution in [1.29, 1.82) is 0 Å². The van der Waals surface area contributed by atoms with Crippen LogP contribution in [0, 0.1) is 5.92 Å². The van der Waals surface area contributed by atoms with Gasteiger partial charge in [0.2, 0.25) is 0 Å². The van der Waals surface area contributed by atoms with Crippen molar-refractivity contribution < 1.29 is 15.0 Å². The number of nitrogens with one attached hydrogen (secondary N) is 1. The first-order valence-corrected chi connectivity index (χ1v) is 12.5. The third kappa shape index (κ3) is 4.27. The average molecular weight is 515 g/mol. The zero-order valence-corrected chi connectivity index (χ0v) is 21.1. The van der Waals surface area contributed by atoms with Crippen molar-refractivity contribution in [3.8, 4) is 5.69 Å². The highest BCUT2D eigenvalue weighted by molar-refractivity contribution is 6.07. The lowest BCUT2D eigenvalue weighted by atomic mass is 9.82. The standard InChI is InChI=1S/C28H30N6O4/c1-3-14-33-25-12-11-21(34-26(36)22-9-4-5-10-24(22)30-34)17-23(25)28(38,27(33)37)19(2)8-6-7-15-32-18-20(13-16-35)29-31-32/h3-6,8-12,17-19,30,35,38H,1,7,13-16H2,2H3/b8-6+/t19-,28+/m0/s1. The smallest absolute Gasteiger partial charge is 0.279 e. The van der Waals surface area contributed by atoms with Crippen LogP contribution in [0.1, 0.15) is 24.6 Å². The summed E-state index contributed by atoms with van der Waals surface area (Å²) in [6.45, 7) is 6.39. The molecule has 3 N–H and O–H groups in total. The number of carbonyl (C=O) groups excluding carboxylic acids is 1. The summed E-state index contributed by atoms with van der Waals surface area (Å²) in [6.07, 6.45) is 8.21. The lowest BCUT2D eigenvalue weighted by Crippen LogP contribution is -2.44. The zero-order valence-electron chi connectivity index (χ0n) is 21.1. The fourth-order valence-electron chi connectivity index (χ4n) is 4.95. The van der Waals surface area contributed by atoms with Gasteiger partial charge in [0.25, 0.3) is 11.5 Å². The maximum atomic E-state index is 13.6. The maximum Gasteiger partial charge on any atom is 0.279 e. The Kier molecular flexibility index (Phi) is 6.83. The molecule has 4 aromatic rings. The number of H-pyrrole nitrogens is 1. The van der Waals surface area contributed by atoms with Crippen LogP contribution in [0.15, 0.2) is 78.3 Å². The first-order valence-electron chi connectivity index (χ1n) is 12.5. The second-order valence-electron chi connectivity index (χ2n) is 9.42. The van der Waals surface area contributed by atoms with Crippen LogP contribution in [-0.2, 0) is 23.4 Å². The third-order valence-electron chi connectivity index (χ3n) is 6.98. The predicted molar refractivity (Wildman–Crippen MR) is 144 cm³/mol. The van der Waals surface area contributed by atoms with E-state index in [0.29, 0.717) is 47.2 Å². The molecular weight excluding hydrogens is 484 g/mol. The summed E-state index contributed by atoms with van der Waals surface area (Å²) in [5, 5.41) is 32.7. The van der Waals surface area contributed by atoms with Gasteiger partial charge in [-0.05, 0) is 36.8 Å². The van der Waals surface area contributed by atoms with E-state index in [-0.39, 0.29) is 18.7 Å². The van der Waals surface area contributed by atoms with E-state index < -0.39 is 17.4 Å². The molecule has 0 bridgehead atoms. The van der Waals surface area contributed by atoms with E-state index in [0.717, 1.165) is 5.69 Å². The van der Waals surface area contributed by atoms with Crippen LogP contribution in [-0.4, -0.2) is 54.0 Å². The van der Waals surface area contributed by atoms with Crippen molar-refractivity contribution in [3.63, 3.8) is 0 Å². The first-order chi connectivity index (χ1) is 18.4. The highest BCUT2D eigenvalue weighted by atomic mass is 16.3. The number of aromatic amines is 1. The number of benzene rings is 2. The maximum absolute atomic E-state index is 13.6. The number of anilines is 1. The predicted octanol–water partition coefficient (Wildman–Crippen LogP) is 2.45. The summed E-state index contributed by atoms with van der Waals surface area (Å²) >= 11 is 0. The topological polar surface area (TPSA) is 129 Å². The van der Waals surface area contributed by atoms with E-state index in [9.17, 15) is 14.7 Å². The van der Waals surface area contributed by atoms with Gasteiger partial charge in [-0.15, -0.1) is 11.7 Å². The van der Waals surface area contributed by atoms with Crippen LogP contribution in [0.5, 0.6) is 0 Å². The van der Waals surface area contributed by atoms with Crippen LogP contribution >= 0.6 is 0 Å². The average Bonchev–Trinajstić information content (AvgIpc) is 3.58. The number of allylic oxidation sites excluding steroid dienone is 1. The Morgan fingerprint density at radius 2 is 2.03 bits per heavy atom. The molecule has 0 saturated carbocycles.